The van der Waals surface area contributed by atoms with E-state index in [1.54, 1.807) is 7.11 Å². The average molecular weight is 176 g/mol. The second-order valence-electron chi connectivity index (χ2n) is 3.40. The Labute approximate surface area is 80.0 Å². The Balaban J connectivity index is 2.87. The normalized spacial score (nSPS) is 10.2. The summed E-state index contributed by atoms with van der Waals surface area (Å²) in [7, 11) is 1.64. The van der Waals surface area contributed by atoms with Gasteiger partial charge in [-0.3, -0.25) is 0 Å². The summed E-state index contributed by atoms with van der Waals surface area (Å²) in [5, 5.41) is 0. The lowest BCUT2D eigenvalue weighted by atomic mass is 10.0. The maximum atomic E-state index is 5.04. The van der Waals surface area contributed by atoms with Crippen LogP contribution < -0.4 is 0 Å². The molecule has 13 heavy (non-hydrogen) atoms. The molecule has 0 spiro atoms. The topological polar surface area (TPSA) is 9.23 Å². The van der Waals surface area contributed by atoms with E-state index in [0.717, 1.165) is 11.3 Å². The fraction of sp³-hybridized carbons (Fsp3) is 0.333. The summed E-state index contributed by atoms with van der Waals surface area (Å²) in [6.07, 6.45) is 0. The number of ether oxygens (including phenoxy) is 1. The molecule has 0 saturated carbocycles. The van der Waals surface area contributed by atoms with Gasteiger partial charge in [-0.2, -0.15) is 0 Å². The highest BCUT2D eigenvalue weighted by Crippen LogP contribution is 2.18. The Morgan fingerprint density at radius 2 is 1.77 bits per heavy atom. The van der Waals surface area contributed by atoms with Crippen LogP contribution in [0.2, 0.25) is 0 Å². The molecule has 1 aromatic carbocycles. The van der Waals surface area contributed by atoms with Gasteiger partial charge in [-0.1, -0.05) is 44.7 Å². The van der Waals surface area contributed by atoms with Crippen molar-refractivity contribution in [3.8, 4) is 0 Å². The first-order valence-electron chi connectivity index (χ1n) is 4.48. The highest BCUT2D eigenvalue weighted by molar-refractivity contribution is 5.57. The second kappa shape index (κ2) is 4.13. The molecule has 1 rings (SSSR count). The van der Waals surface area contributed by atoms with Crippen LogP contribution >= 0.6 is 0 Å². The highest BCUT2D eigenvalue weighted by Gasteiger charge is 2.00. The molecule has 0 N–H and O–H groups in total. The molecule has 0 aromatic heterocycles. The van der Waals surface area contributed by atoms with E-state index in [9.17, 15) is 0 Å². The summed E-state index contributed by atoms with van der Waals surface area (Å²) in [6.45, 7) is 8.16. The van der Waals surface area contributed by atoms with E-state index >= 15 is 0 Å². The van der Waals surface area contributed by atoms with Crippen LogP contribution in [0.4, 0.5) is 0 Å². The van der Waals surface area contributed by atoms with Gasteiger partial charge in [0.1, 0.15) is 5.76 Å². The molecule has 0 unspecified atom stereocenters. The van der Waals surface area contributed by atoms with Crippen LogP contribution in [0.15, 0.2) is 30.8 Å². The summed E-state index contributed by atoms with van der Waals surface area (Å²) in [4.78, 5) is 0. The third kappa shape index (κ3) is 2.35. The Morgan fingerprint density at radius 1 is 1.23 bits per heavy atom. The van der Waals surface area contributed by atoms with E-state index in [1.165, 1.54) is 5.56 Å². The molecule has 0 atom stereocenters. The molecule has 1 aromatic rings. The highest BCUT2D eigenvalue weighted by atomic mass is 16.5. The molecule has 0 bridgehead atoms. The summed E-state index contributed by atoms with van der Waals surface area (Å²) in [6, 6.07) is 8.32. The maximum absolute atomic E-state index is 5.04. The van der Waals surface area contributed by atoms with E-state index in [1.807, 2.05) is 12.1 Å². The van der Waals surface area contributed by atoms with E-state index < -0.39 is 0 Å². The summed E-state index contributed by atoms with van der Waals surface area (Å²) < 4.78 is 5.04. The Hall–Kier alpha value is -1.24. The minimum Gasteiger partial charge on any atom is -0.497 e. The lowest BCUT2D eigenvalue weighted by Gasteiger charge is -2.07. The summed E-state index contributed by atoms with van der Waals surface area (Å²) in [5.41, 5.74) is 2.39. The molecule has 1 heteroatoms. The zero-order chi connectivity index (χ0) is 9.84. The third-order valence-electron chi connectivity index (χ3n) is 2.15. The van der Waals surface area contributed by atoms with Crippen LogP contribution in [0.3, 0.4) is 0 Å². The molecule has 0 saturated heterocycles. The molecule has 0 amide bonds. The lowest BCUT2D eigenvalue weighted by molar-refractivity contribution is 0.371. The minimum atomic E-state index is 0.574. The van der Waals surface area contributed by atoms with Crippen LogP contribution in [0.5, 0.6) is 0 Å². The van der Waals surface area contributed by atoms with Crippen molar-refractivity contribution in [1.82, 2.24) is 0 Å². The number of rotatable bonds is 3. The molecule has 0 aliphatic heterocycles. The Kier molecular flexibility index (Phi) is 3.13. The van der Waals surface area contributed by atoms with Gasteiger partial charge in [-0.05, 0) is 11.5 Å². The standard InChI is InChI=1S/C12H16O/c1-9(2)11-5-7-12(8-6-11)10(3)13-4/h5-9H,3H2,1-2,4H3. The van der Waals surface area contributed by atoms with Gasteiger partial charge in [-0.25, -0.2) is 0 Å². The Morgan fingerprint density at radius 3 is 2.15 bits per heavy atom. The molecular formula is C12H16O. The van der Waals surface area contributed by atoms with Gasteiger partial charge >= 0.3 is 0 Å². The van der Waals surface area contributed by atoms with Crippen molar-refractivity contribution in [2.75, 3.05) is 7.11 Å². The van der Waals surface area contributed by atoms with Gasteiger partial charge < -0.3 is 4.74 Å². The first-order chi connectivity index (χ1) is 6.15. The SMILES string of the molecule is C=C(OC)c1ccc(C(C)C)cc1. The molecule has 70 valence electrons. The fourth-order valence-corrected chi connectivity index (χ4v) is 1.17. The summed E-state index contributed by atoms with van der Waals surface area (Å²) >= 11 is 0. The molecular weight excluding hydrogens is 160 g/mol. The van der Waals surface area contributed by atoms with Crippen LogP contribution in [-0.2, 0) is 4.74 Å². The van der Waals surface area contributed by atoms with E-state index in [0.29, 0.717) is 5.92 Å². The smallest absolute Gasteiger partial charge is 0.118 e. The first kappa shape index (κ1) is 9.85. The maximum Gasteiger partial charge on any atom is 0.118 e. The van der Waals surface area contributed by atoms with Crippen LogP contribution in [0.25, 0.3) is 5.76 Å². The fourth-order valence-electron chi connectivity index (χ4n) is 1.17. The van der Waals surface area contributed by atoms with Crippen molar-refractivity contribution in [2.45, 2.75) is 19.8 Å². The first-order valence-corrected chi connectivity index (χ1v) is 4.48. The molecule has 1 nitrogen and oxygen atoms in total. The zero-order valence-corrected chi connectivity index (χ0v) is 8.50. The van der Waals surface area contributed by atoms with Gasteiger partial charge in [0, 0.05) is 5.56 Å². The van der Waals surface area contributed by atoms with Gasteiger partial charge in [0.25, 0.3) is 0 Å². The van der Waals surface area contributed by atoms with Crippen molar-refractivity contribution in [3.63, 3.8) is 0 Å². The predicted molar refractivity (Wildman–Crippen MR) is 56.6 cm³/mol. The monoisotopic (exact) mass is 176 g/mol. The van der Waals surface area contributed by atoms with E-state index in [2.05, 4.69) is 32.6 Å². The second-order valence-corrected chi connectivity index (χ2v) is 3.40. The average Bonchev–Trinajstić information content (AvgIpc) is 2.17. The molecule has 0 aliphatic carbocycles. The lowest BCUT2D eigenvalue weighted by Crippen LogP contribution is -1.89. The van der Waals surface area contributed by atoms with Gasteiger partial charge in [-0.15, -0.1) is 0 Å². The third-order valence-corrected chi connectivity index (χ3v) is 2.15. The zero-order valence-electron chi connectivity index (χ0n) is 8.50. The molecule has 0 radical (unpaired) electrons. The summed E-state index contributed by atoms with van der Waals surface area (Å²) in [5.74, 6) is 1.29. The molecule has 0 heterocycles. The molecule has 0 aliphatic rings. The van der Waals surface area contributed by atoms with Crippen molar-refractivity contribution in [2.24, 2.45) is 0 Å². The minimum absolute atomic E-state index is 0.574. The van der Waals surface area contributed by atoms with Gasteiger partial charge in [0.2, 0.25) is 0 Å². The van der Waals surface area contributed by atoms with E-state index in [4.69, 9.17) is 4.74 Å². The van der Waals surface area contributed by atoms with Crippen molar-refractivity contribution >= 4 is 5.76 Å². The number of methoxy groups -OCH3 is 1. The van der Waals surface area contributed by atoms with Crippen LogP contribution in [0.1, 0.15) is 30.9 Å². The van der Waals surface area contributed by atoms with E-state index in [-0.39, 0.29) is 0 Å². The van der Waals surface area contributed by atoms with Gasteiger partial charge in [0.05, 0.1) is 7.11 Å². The van der Waals surface area contributed by atoms with Crippen LogP contribution in [0, 0.1) is 0 Å². The number of hydrogen-bond acceptors (Lipinski definition) is 1. The Bertz CT molecular complexity index is 282. The number of hydrogen-bond donors (Lipinski definition) is 0. The van der Waals surface area contributed by atoms with Crippen molar-refractivity contribution in [1.29, 1.82) is 0 Å². The van der Waals surface area contributed by atoms with Gasteiger partial charge in [0.15, 0.2) is 0 Å². The van der Waals surface area contributed by atoms with Crippen LogP contribution in [-0.4, -0.2) is 7.11 Å². The van der Waals surface area contributed by atoms with Crippen molar-refractivity contribution < 1.29 is 4.74 Å². The number of benzene rings is 1. The molecule has 0 fully saturated rings. The quantitative estimate of drug-likeness (QED) is 0.641. The largest absolute Gasteiger partial charge is 0.497 e. The van der Waals surface area contributed by atoms with Crippen molar-refractivity contribution in [3.05, 3.63) is 42.0 Å². The predicted octanol–water partition coefficient (Wildman–Crippen LogP) is 3.43.